The Bertz CT molecular complexity index is 708. The van der Waals surface area contributed by atoms with Gasteiger partial charge in [-0.15, -0.1) is 11.3 Å². The van der Waals surface area contributed by atoms with Crippen LogP contribution < -0.4 is 5.32 Å². The van der Waals surface area contributed by atoms with Crippen molar-refractivity contribution < 1.29 is 9.90 Å². The first-order chi connectivity index (χ1) is 11.5. The van der Waals surface area contributed by atoms with Crippen LogP contribution in [0.3, 0.4) is 0 Å². The lowest BCUT2D eigenvalue weighted by Crippen LogP contribution is -2.53. The van der Waals surface area contributed by atoms with Gasteiger partial charge in [0.25, 0.3) is 5.91 Å². The molecular weight excluding hydrogens is 346 g/mol. The van der Waals surface area contributed by atoms with Crippen molar-refractivity contribution in [2.24, 2.45) is 0 Å². The van der Waals surface area contributed by atoms with Gasteiger partial charge in [0.2, 0.25) is 0 Å². The van der Waals surface area contributed by atoms with Gasteiger partial charge in [0, 0.05) is 35.6 Å². The molecule has 0 aliphatic carbocycles. The van der Waals surface area contributed by atoms with Gasteiger partial charge < -0.3 is 10.4 Å². The molecule has 0 unspecified atom stereocenters. The first kappa shape index (κ1) is 17.4. The highest BCUT2D eigenvalue weighted by Crippen LogP contribution is 2.18. The zero-order valence-electron chi connectivity index (χ0n) is 13.4. The number of benzene rings is 1. The van der Waals surface area contributed by atoms with Gasteiger partial charge >= 0.3 is 0 Å². The molecule has 128 valence electrons. The average Bonchev–Trinajstić information content (AvgIpc) is 3.03. The first-order valence-electron chi connectivity index (χ1n) is 7.87. The lowest BCUT2D eigenvalue weighted by Gasteiger charge is -2.36. The summed E-state index contributed by atoms with van der Waals surface area (Å²) in [7, 11) is 0. The van der Waals surface area contributed by atoms with E-state index in [1.165, 1.54) is 0 Å². The Kier molecular flexibility index (Phi) is 5.50. The van der Waals surface area contributed by atoms with Crippen molar-refractivity contribution in [2.45, 2.75) is 32.0 Å². The smallest absolute Gasteiger partial charge is 0.251 e. The van der Waals surface area contributed by atoms with Crippen LogP contribution in [0.5, 0.6) is 0 Å². The van der Waals surface area contributed by atoms with Crippen LogP contribution in [0.15, 0.2) is 29.1 Å². The number of carbonyl (C=O) groups excluding carboxylic acids is 1. The predicted molar refractivity (Wildman–Crippen MR) is 95.5 cm³/mol. The molecule has 1 saturated heterocycles. The molecule has 0 spiro atoms. The number of rotatable bonds is 4. The van der Waals surface area contributed by atoms with Crippen LogP contribution in [0, 0.1) is 6.92 Å². The molecule has 0 radical (unpaired) electrons. The molecule has 7 heteroatoms. The van der Waals surface area contributed by atoms with E-state index in [-0.39, 0.29) is 11.9 Å². The number of aliphatic hydroxyl groups is 1. The molecule has 1 amide bonds. The number of aryl methyl sites for hydroxylation is 1. The fourth-order valence-electron chi connectivity index (χ4n) is 2.98. The van der Waals surface area contributed by atoms with Crippen LogP contribution in [0.4, 0.5) is 0 Å². The predicted octanol–water partition coefficient (Wildman–Crippen LogP) is 2.47. The molecule has 24 heavy (non-hydrogen) atoms. The van der Waals surface area contributed by atoms with Crippen molar-refractivity contribution >= 4 is 28.8 Å². The van der Waals surface area contributed by atoms with Crippen LogP contribution in [-0.2, 0) is 6.54 Å². The normalized spacial score (nSPS) is 21.6. The Morgan fingerprint density at radius 1 is 1.54 bits per heavy atom. The van der Waals surface area contributed by atoms with Gasteiger partial charge in [0.05, 0.1) is 23.4 Å². The number of piperidine rings is 1. The van der Waals surface area contributed by atoms with E-state index in [4.69, 9.17) is 11.6 Å². The van der Waals surface area contributed by atoms with Crippen molar-refractivity contribution in [1.82, 2.24) is 15.2 Å². The fraction of sp³-hybridized carbons (Fsp3) is 0.412. The van der Waals surface area contributed by atoms with Gasteiger partial charge in [-0.3, -0.25) is 9.69 Å². The van der Waals surface area contributed by atoms with E-state index in [1.54, 1.807) is 29.5 Å². The number of nitrogens with zero attached hydrogens (tertiary/aromatic N) is 2. The third-order valence-electron chi connectivity index (χ3n) is 4.28. The number of hydrogen-bond acceptors (Lipinski definition) is 5. The minimum absolute atomic E-state index is 0.166. The van der Waals surface area contributed by atoms with Gasteiger partial charge in [-0.2, -0.15) is 0 Å². The summed E-state index contributed by atoms with van der Waals surface area (Å²) in [6, 6.07) is 4.95. The third-order valence-corrected chi connectivity index (χ3v) is 5.16. The number of amides is 1. The van der Waals surface area contributed by atoms with E-state index in [1.807, 2.05) is 17.8 Å². The second-order valence-electron chi connectivity index (χ2n) is 6.11. The molecule has 1 aliphatic rings. The molecule has 1 aliphatic heterocycles. The zero-order chi connectivity index (χ0) is 17.1. The summed E-state index contributed by atoms with van der Waals surface area (Å²) in [5.74, 6) is -0.166. The highest BCUT2D eigenvalue weighted by molar-refractivity contribution is 7.07. The highest BCUT2D eigenvalue weighted by Gasteiger charge is 2.29. The van der Waals surface area contributed by atoms with Crippen molar-refractivity contribution in [2.75, 3.05) is 13.1 Å². The average molecular weight is 366 g/mol. The van der Waals surface area contributed by atoms with Gasteiger partial charge in [0.15, 0.2) is 0 Å². The van der Waals surface area contributed by atoms with Gasteiger partial charge in [-0.25, -0.2) is 4.98 Å². The van der Waals surface area contributed by atoms with E-state index in [9.17, 15) is 9.90 Å². The molecule has 0 saturated carbocycles. The van der Waals surface area contributed by atoms with Crippen molar-refractivity contribution in [3.05, 3.63) is 50.9 Å². The van der Waals surface area contributed by atoms with Gasteiger partial charge in [-0.1, -0.05) is 11.6 Å². The molecule has 3 rings (SSSR count). The van der Waals surface area contributed by atoms with Crippen LogP contribution in [0.1, 0.15) is 28.0 Å². The topological polar surface area (TPSA) is 65.5 Å². The molecule has 2 N–H and O–H groups in total. The number of carbonyl (C=O) groups is 1. The quantitative estimate of drug-likeness (QED) is 0.873. The maximum atomic E-state index is 12.4. The van der Waals surface area contributed by atoms with E-state index < -0.39 is 6.10 Å². The minimum Gasteiger partial charge on any atom is -0.390 e. The summed E-state index contributed by atoms with van der Waals surface area (Å²) in [6.45, 7) is 3.94. The summed E-state index contributed by atoms with van der Waals surface area (Å²) >= 11 is 7.50. The molecule has 1 fully saturated rings. The number of halogens is 1. The number of aromatic nitrogens is 1. The van der Waals surface area contributed by atoms with E-state index in [2.05, 4.69) is 15.2 Å². The summed E-state index contributed by atoms with van der Waals surface area (Å²) in [5, 5.41) is 16.0. The summed E-state index contributed by atoms with van der Waals surface area (Å²) in [6.07, 6.45) is 0.123. The Balaban J connectivity index is 1.57. The van der Waals surface area contributed by atoms with Crippen molar-refractivity contribution in [3.63, 3.8) is 0 Å². The summed E-state index contributed by atoms with van der Waals surface area (Å²) in [5.41, 5.74) is 4.26. The lowest BCUT2D eigenvalue weighted by molar-refractivity contribution is 0.0346. The van der Waals surface area contributed by atoms with Crippen LogP contribution in [0.25, 0.3) is 0 Å². The second kappa shape index (κ2) is 7.61. The molecule has 1 aromatic heterocycles. The summed E-state index contributed by atoms with van der Waals surface area (Å²) in [4.78, 5) is 18.9. The van der Waals surface area contributed by atoms with Gasteiger partial charge in [-0.05, 0) is 37.1 Å². The Morgan fingerprint density at radius 2 is 2.38 bits per heavy atom. The number of likely N-dealkylation sites (tertiary alicyclic amines) is 1. The number of β-amino-alcohol motifs (C(OH)–C–C–N with tert-alkyl or cyclic N) is 1. The van der Waals surface area contributed by atoms with Crippen molar-refractivity contribution in [3.8, 4) is 0 Å². The third kappa shape index (κ3) is 4.13. The molecule has 5 nitrogen and oxygen atoms in total. The second-order valence-corrected chi connectivity index (χ2v) is 7.27. The summed E-state index contributed by atoms with van der Waals surface area (Å²) < 4.78 is 0. The maximum absolute atomic E-state index is 12.4. The SMILES string of the molecule is Cc1cc(Cl)ccc1C(=O)N[C@@H]1CCN(Cc2cscn2)C[C@H]1O. The lowest BCUT2D eigenvalue weighted by atomic mass is 10.0. The monoisotopic (exact) mass is 365 g/mol. The number of hydrogen-bond donors (Lipinski definition) is 2. The van der Waals surface area contributed by atoms with E-state index in [0.29, 0.717) is 23.6 Å². The Morgan fingerprint density at radius 3 is 3.04 bits per heavy atom. The van der Waals surface area contributed by atoms with Crippen LogP contribution in [-0.4, -0.2) is 46.1 Å². The molecule has 2 atom stereocenters. The minimum atomic E-state index is -0.589. The molecule has 2 aromatic rings. The Labute approximate surface area is 150 Å². The molecular formula is C17H20ClN3O2S. The largest absolute Gasteiger partial charge is 0.390 e. The van der Waals surface area contributed by atoms with Crippen LogP contribution in [0.2, 0.25) is 5.02 Å². The molecule has 2 heterocycles. The fourth-order valence-corrected chi connectivity index (χ4v) is 3.76. The highest BCUT2D eigenvalue weighted by atomic mass is 35.5. The van der Waals surface area contributed by atoms with Crippen molar-refractivity contribution in [1.29, 1.82) is 0 Å². The molecule has 0 bridgehead atoms. The maximum Gasteiger partial charge on any atom is 0.251 e. The standard InChI is InChI=1S/C17H20ClN3O2S/c1-11-6-12(18)2-3-14(11)17(23)20-15-4-5-21(8-16(15)22)7-13-9-24-10-19-13/h2-3,6,9-10,15-16,22H,4-5,7-8H2,1H3,(H,20,23)/t15-,16-/m1/s1. The van der Waals surface area contributed by atoms with E-state index >= 15 is 0 Å². The Hall–Kier alpha value is -1.47. The number of thiazole rings is 1. The van der Waals surface area contributed by atoms with E-state index in [0.717, 1.165) is 24.3 Å². The van der Waals surface area contributed by atoms with Gasteiger partial charge in [0.1, 0.15) is 0 Å². The first-order valence-corrected chi connectivity index (χ1v) is 9.19. The number of aliphatic hydroxyl groups excluding tert-OH is 1. The number of nitrogens with one attached hydrogen (secondary N) is 1. The zero-order valence-corrected chi connectivity index (χ0v) is 15.0. The van der Waals surface area contributed by atoms with Crippen LogP contribution >= 0.6 is 22.9 Å². The molecule has 1 aromatic carbocycles.